The SMILES string of the molecule is C=CCN(CC#CCN(CC=C)S(=O)(=O)c1ccc(C)cc1)S(=O)(=O)c1ccc(C)cc1. The number of aryl methyl sites for hydroxylation is 2. The molecule has 0 unspecified atom stereocenters. The summed E-state index contributed by atoms with van der Waals surface area (Å²) < 4.78 is 54.1. The van der Waals surface area contributed by atoms with Crippen LogP contribution in [0.5, 0.6) is 0 Å². The summed E-state index contributed by atoms with van der Waals surface area (Å²) in [7, 11) is -7.51. The van der Waals surface area contributed by atoms with E-state index in [-0.39, 0.29) is 36.0 Å². The van der Waals surface area contributed by atoms with Crippen LogP contribution in [0.1, 0.15) is 11.1 Å². The van der Waals surface area contributed by atoms with Crippen LogP contribution < -0.4 is 0 Å². The van der Waals surface area contributed by atoms with Crippen molar-refractivity contribution in [1.82, 2.24) is 8.61 Å². The lowest BCUT2D eigenvalue weighted by Gasteiger charge is -2.19. The van der Waals surface area contributed by atoms with Gasteiger partial charge < -0.3 is 0 Å². The van der Waals surface area contributed by atoms with E-state index in [1.807, 2.05) is 13.8 Å². The van der Waals surface area contributed by atoms with Crippen molar-refractivity contribution in [3.05, 3.63) is 85.0 Å². The van der Waals surface area contributed by atoms with Gasteiger partial charge in [-0.3, -0.25) is 0 Å². The van der Waals surface area contributed by atoms with E-state index < -0.39 is 20.0 Å². The average molecular weight is 473 g/mol. The van der Waals surface area contributed by atoms with Gasteiger partial charge >= 0.3 is 0 Å². The second kappa shape index (κ2) is 11.2. The van der Waals surface area contributed by atoms with Crippen molar-refractivity contribution in [2.45, 2.75) is 23.6 Å². The lowest BCUT2D eigenvalue weighted by molar-refractivity contribution is 0.473. The number of benzene rings is 2. The molecule has 0 saturated carbocycles. The van der Waals surface area contributed by atoms with E-state index in [1.165, 1.54) is 20.8 Å². The summed E-state index contributed by atoms with van der Waals surface area (Å²) in [4.78, 5) is 0.337. The Hall–Kier alpha value is -2.70. The Kier molecular flexibility index (Phi) is 8.99. The molecular formula is C24H28N2O4S2. The van der Waals surface area contributed by atoms with Crippen molar-refractivity contribution in [3.63, 3.8) is 0 Å². The van der Waals surface area contributed by atoms with Gasteiger partial charge in [-0.05, 0) is 38.1 Å². The van der Waals surface area contributed by atoms with Gasteiger partial charge in [0.25, 0.3) is 0 Å². The maximum Gasteiger partial charge on any atom is 0.244 e. The van der Waals surface area contributed by atoms with Crippen LogP contribution in [-0.4, -0.2) is 51.6 Å². The van der Waals surface area contributed by atoms with Crippen LogP contribution in [0.2, 0.25) is 0 Å². The van der Waals surface area contributed by atoms with E-state index in [9.17, 15) is 16.8 Å². The fourth-order valence-electron chi connectivity index (χ4n) is 2.79. The molecule has 0 bridgehead atoms. The van der Waals surface area contributed by atoms with E-state index >= 15 is 0 Å². The van der Waals surface area contributed by atoms with E-state index in [0.717, 1.165) is 11.1 Å². The minimum atomic E-state index is -3.75. The van der Waals surface area contributed by atoms with Crippen LogP contribution in [0.3, 0.4) is 0 Å². The Morgan fingerprint density at radius 2 is 1.00 bits per heavy atom. The van der Waals surface area contributed by atoms with Gasteiger partial charge in [-0.2, -0.15) is 8.61 Å². The van der Waals surface area contributed by atoms with Crippen molar-refractivity contribution in [3.8, 4) is 11.8 Å². The zero-order valence-electron chi connectivity index (χ0n) is 18.4. The van der Waals surface area contributed by atoms with Crippen LogP contribution in [0.15, 0.2) is 83.6 Å². The third kappa shape index (κ3) is 6.40. The molecule has 0 aromatic heterocycles. The summed E-state index contributed by atoms with van der Waals surface area (Å²) in [5.41, 5.74) is 1.91. The zero-order chi connectivity index (χ0) is 23.8. The maximum atomic E-state index is 12.9. The topological polar surface area (TPSA) is 74.8 Å². The minimum Gasteiger partial charge on any atom is -0.207 e. The molecule has 0 aliphatic heterocycles. The molecule has 0 spiro atoms. The molecule has 8 heteroatoms. The first-order chi connectivity index (χ1) is 15.1. The molecule has 0 heterocycles. The van der Waals surface area contributed by atoms with E-state index in [1.54, 1.807) is 48.5 Å². The Labute approximate surface area is 192 Å². The number of nitrogens with zero attached hydrogens (tertiary/aromatic N) is 2. The van der Waals surface area contributed by atoms with Crippen LogP contribution in [0, 0.1) is 25.7 Å². The summed E-state index contributed by atoms with van der Waals surface area (Å²) in [6, 6.07) is 13.1. The van der Waals surface area contributed by atoms with Gasteiger partial charge in [-0.1, -0.05) is 59.4 Å². The molecule has 0 aliphatic rings. The first-order valence-electron chi connectivity index (χ1n) is 9.94. The summed E-state index contributed by atoms with van der Waals surface area (Å²) >= 11 is 0. The number of rotatable bonds is 10. The predicted molar refractivity (Wildman–Crippen MR) is 128 cm³/mol. The molecule has 0 N–H and O–H groups in total. The highest BCUT2D eigenvalue weighted by atomic mass is 32.2. The summed E-state index contributed by atoms with van der Waals surface area (Å²) in [6.07, 6.45) is 2.97. The largest absolute Gasteiger partial charge is 0.244 e. The lowest BCUT2D eigenvalue weighted by atomic mass is 10.2. The van der Waals surface area contributed by atoms with Crippen molar-refractivity contribution >= 4 is 20.0 Å². The highest BCUT2D eigenvalue weighted by Crippen LogP contribution is 2.17. The average Bonchev–Trinajstić information content (AvgIpc) is 2.75. The monoisotopic (exact) mass is 472 g/mol. The third-order valence-corrected chi connectivity index (χ3v) is 8.27. The minimum absolute atomic E-state index is 0.0862. The van der Waals surface area contributed by atoms with Crippen molar-refractivity contribution in [2.24, 2.45) is 0 Å². The second-order valence-corrected chi connectivity index (χ2v) is 11.0. The molecule has 0 saturated heterocycles. The molecule has 2 rings (SSSR count). The normalized spacial score (nSPS) is 11.8. The molecule has 170 valence electrons. The fourth-order valence-corrected chi connectivity index (χ4v) is 5.42. The van der Waals surface area contributed by atoms with Gasteiger partial charge in [0.1, 0.15) is 0 Å². The molecule has 0 radical (unpaired) electrons. The molecule has 2 aromatic carbocycles. The lowest BCUT2D eigenvalue weighted by Crippen LogP contribution is -2.33. The third-order valence-electron chi connectivity index (χ3n) is 4.62. The number of hydrogen-bond acceptors (Lipinski definition) is 4. The van der Waals surface area contributed by atoms with Crippen molar-refractivity contribution in [2.75, 3.05) is 26.2 Å². The first kappa shape index (κ1) is 25.6. The van der Waals surface area contributed by atoms with Crippen LogP contribution in [-0.2, 0) is 20.0 Å². The Bertz CT molecular complexity index is 1110. The van der Waals surface area contributed by atoms with E-state index in [2.05, 4.69) is 25.0 Å². The Morgan fingerprint density at radius 1 is 0.688 bits per heavy atom. The highest BCUT2D eigenvalue weighted by Gasteiger charge is 2.24. The predicted octanol–water partition coefficient (Wildman–Crippen LogP) is 3.36. The smallest absolute Gasteiger partial charge is 0.207 e. The standard InChI is InChI=1S/C24H28N2O4S2/c1-5-17-25(31(27,28)23-13-9-21(3)10-14-23)19-7-8-20-26(18-6-2)32(29,30)24-15-11-22(4)12-16-24/h5-6,9-16H,1-2,17-20H2,3-4H3. The first-order valence-corrected chi connectivity index (χ1v) is 12.8. The van der Waals surface area contributed by atoms with Gasteiger partial charge in [0.05, 0.1) is 22.9 Å². The Morgan fingerprint density at radius 3 is 1.28 bits per heavy atom. The molecule has 2 aromatic rings. The highest BCUT2D eigenvalue weighted by molar-refractivity contribution is 7.89. The van der Waals surface area contributed by atoms with Gasteiger partial charge in [0.2, 0.25) is 20.0 Å². The van der Waals surface area contributed by atoms with Gasteiger partial charge in [0, 0.05) is 13.1 Å². The zero-order valence-corrected chi connectivity index (χ0v) is 20.0. The van der Waals surface area contributed by atoms with Crippen molar-refractivity contribution < 1.29 is 16.8 Å². The molecule has 6 nitrogen and oxygen atoms in total. The Balaban J connectivity index is 2.20. The second-order valence-electron chi connectivity index (χ2n) is 7.15. The van der Waals surface area contributed by atoms with E-state index in [4.69, 9.17) is 0 Å². The molecule has 0 atom stereocenters. The van der Waals surface area contributed by atoms with Gasteiger partial charge in [0.15, 0.2) is 0 Å². The number of hydrogen-bond donors (Lipinski definition) is 0. The van der Waals surface area contributed by atoms with Gasteiger partial charge in [-0.25, -0.2) is 16.8 Å². The summed E-state index contributed by atoms with van der Waals surface area (Å²) in [5.74, 6) is 5.58. The van der Waals surface area contributed by atoms with Crippen LogP contribution >= 0.6 is 0 Å². The molecule has 0 aliphatic carbocycles. The molecule has 0 amide bonds. The van der Waals surface area contributed by atoms with E-state index in [0.29, 0.717) is 0 Å². The summed E-state index contributed by atoms with van der Waals surface area (Å²) in [5, 5.41) is 0. The van der Waals surface area contributed by atoms with Crippen molar-refractivity contribution in [1.29, 1.82) is 0 Å². The quantitative estimate of drug-likeness (QED) is 0.393. The molecular weight excluding hydrogens is 444 g/mol. The maximum absolute atomic E-state index is 12.9. The van der Waals surface area contributed by atoms with Crippen LogP contribution in [0.25, 0.3) is 0 Å². The fraction of sp³-hybridized carbons (Fsp3) is 0.250. The van der Waals surface area contributed by atoms with Crippen LogP contribution in [0.4, 0.5) is 0 Å². The van der Waals surface area contributed by atoms with Gasteiger partial charge in [-0.15, -0.1) is 13.2 Å². The molecule has 0 fully saturated rings. The summed E-state index contributed by atoms with van der Waals surface area (Å²) in [6.45, 7) is 11.0. The molecule has 32 heavy (non-hydrogen) atoms. The number of sulfonamides is 2.